The van der Waals surface area contributed by atoms with Crippen molar-refractivity contribution in [1.82, 2.24) is 5.32 Å². The molecule has 0 aromatic heterocycles. The molecule has 0 aliphatic carbocycles. The van der Waals surface area contributed by atoms with Gasteiger partial charge in [0.15, 0.2) is 0 Å². The zero-order chi connectivity index (χ0) is 13.0. The van der Waals surface area contributed by atoms with Crippen LogP contribution in [0.2, 0.25) is 0 Å². The number of aliphatic hydroxyl groups is 1. The van der Waals surface area contributed by atoms with E-state index in [1.54, 1.807) is 4.90 Å². The Hall–Kier alpha value is -1.88. The Kier molecular flexibility index (Phi) is 3.94. The highest BCUT2D eigenvalue weighted by Gasteiger charge is 2.21. The van der Waals surface area contributed by atoms with E-state index in [4.69, 9.17) is 5.11 Å². The molecule has 2 rings (SSSR count). The Morgan fingerprint density at radius 3 is 2.61 bits per heavy atom. The molecule has 1 saturated heterocycles. The van der Waals surface area contributed by atoms with E-state index in [2.05, 4.69) is 5.32 Å². The molecule has 5 heteroatoms. The molecule has 0 unspecified atom stereocenters. The van der Waals surface area contributed by atoms with Gasteiger partial charge in [0.2, 0.25) is 11.8 Å². The van der Waals surface area contributed by atoms with Crippen LogP contribution >= 0.6 is 0 Å². The first-order chi connectivity index (χ1) is 8.70. The van der Waals surface area contributed by atoms with Crippen molar-refractivity contribution in [1.29, 1.82) is 0 Å². The maximum Gasteiger partial charge on any atom is 0.245 e. The van der Waals surface area contributed by atoms with E-state index in [1.165, 1.54) is 0 Å². The van der Waals surface area contributed by atoms with Crippen LogP contribution in [-0.2, 0) is 16.1 Å². The average molecular weight is 248 g/mol. The van der Waals surface area contributed by atoms with Gasteiger partial charge in [0, 0.05) is 25.2 Å². The molecule has 96 valence electrons. The normalized spacial score (nSPS) is 14.9. The molecule has 2 N–H and O–H groups in total. The zero-order valence-corrected chi connectivity index (χ0v) is 10.1. The number of rotatable bonds is 4. The summed E-state index contributed by atoms with van der Waals surface area (Å²) in [6.45, 7) is 0.660. The van der Waals surface area contributed by atoms with Gasteiger partial charge in [0.05, 0.1) is 0 Å². The van der Waals surface area contributed by atoms with Crippen LogP contribution in [-0.4, -0.2) is 30.1 Å². The lowest BCUT2D eigenvalue weighted by atomic mass is 10.2. The molecule has 0 saturated carbocycles. The minimum Gasteiger partial charge on any atom is -0.387 e. The summed E-state index contributed by atoms with van der Waals surface area (Å²) in [6, 6.07) is 7.50. The first kappa shape index (κ1) is 12.6. The third kappa shape index (κ3) is 2.87. The number of hydrogen-bond acceptors (Lipinski definition) is 3. The van der Waals surface area contributed by atoms with E-state index in [0.29, 0.717) is 13.0 Å². The monoisotopic (exact) mass is 248 g/mol. The summed E-state index contributed by atoms with van der Waals surface area (Å²) in [7, 11) is 0. The van der Waals surface area contributed by atoms with Gasteiger partial charge in [-0.3, -0.25) is 9.59 Å². The average Bonchev–Trinajstić information content (AvgIpc) is 2.83. The van der Waals surface area contributed by atoms with E-state index >= 15 is 0 Å². The molecular formula is C13H16N2O3. The lowest BCUT2D eigenvalue weighted by Gasteiger charge is -2.16. The van der Waals surface area contributed by atoms with Crippen molar-refractivity contribution < 1.29 is 14.7 Å². The zero-order valence-electron chi connectivity index (χ0n) is 10.1. The first-order valence-corrected chi connectivity index (χ1v) is 5.97. The van der Waals surface area contributed by atoms with Crippen molar-refractivity contribution in [3.63, 3.8) is 0 Å². The molecule has 1 fully saturated rings. The lowest BCUT2D eigenvalue weighted by Crippen LogP contribution is -2.26. The fraction of sp³-hybridized carbons (Fsp3) is 0.385. The third-order valence-corrected chi connectivity index (χ3v) is 2.95. The second kappa shape index (κ2) is 5.64. The second-order valence-electron chi connectivity index (χ2n) is 4.25. The van der Waals surface area contributed by atoms with Crippen molar-refractivity contribution >= 4 is 17.5 Å². The van der Waals surface area contributed by atoms with E-state index in [0.717, 1.165) is 24.2 Å². The first-order valence-electron chi connectivity index (χ1n) is 5.97. The van der Waals surface area contributed by atoms with Gasteiger partial charge in [0.1, 0.15) is 6.61 Å². The Bertz CT molecular complexity index is 442. The van der Waals surface area contributed by atoms with E-state index in [1.807, 2.05) is 24.3 Å². The molecular weight excluding hydrogens is 232 g/mol. The number of carbonyl (C=O) groups is 2. The molecule has 1 heterocycles. The lowest BCUT2D eigenvalue weighted by molar-refractivity contribution is -0.124. The number of nitrogens with one attached hydrogen (secondary N) is 1. The quantitative estimate of drug-likeness (QED) is 0.811. The predicted octanol–water partition coefficient (Wildman–Crippen LogP) is 0.422. The van der Waals surface area contributed by atoms with Crippen LogP contribution in [0.5, 0.6) is 0 Å². The Labute approximate surface area is 105 Å². The highest BCUT2D eigenvalue weighted by Crippen LogP contribution is 2.21. The molecule has 1 aliphatic rings. The highest BCUT2D eigenvalue weighted by molar-refractivity contribution is 5.95. The minimum absolute atomic E-state index is 0.163. The largest absolute Gasteiger partial charge is 0.387 e. The number of amides is 2. The predicted molar refractivity (Wildman–Crippen MR) is 67.0 cm³/mol. The van der Waals surface area contributed by atoms with Crippen molar-refractivity contribution in [3.8, 4) is 0 Å². The summed E-state index contributed by atoms with van der Waals surface area (Å²) in [5.41, 5.74) is 1.84. The fourth-order valence-electron chi connectivity index (χ4n) is 1.97. The fourth-order valence-corrected chi connectivity index (χ4v) is 1.97. The topological polar surface area (TPSA) is 69.6 Å². The molecule has 18 heavy (non-hydrogen) atoms. The Balaban J connectivity index is 1.97. The van der Waals surface area contributed by atoms with Gasteiger partial charge in [-0.15, -0.1) is 0 Å². The van der Waals surface area contributed by atoms with Gasteiger partial charge in [-0.05, 0) is 24.1 Å². The van der Waals surface area contributed by atoms with Gasteiger partial charge in [0.25, 0.3) is 0 Å². The summed E-state index contributed by atoms with van der Waals surface area (Å²) in [6.07, 6.45) is 1.53. The summed E-state index contributed by atoms with van der Waals surface area (Å²) in [5.74, 6) is -0.231. The minimum atomic E-state index is -0.500. The number of anilines is 1. The molecule has 0 bridgehead atoms. The number of carbonyl (C=O) groups excluding carboxylic acids is 2. The number of nitrogens with zero attached hydrogens (tertiary/aromatic N) is 1. The van der Waals surface area contributed by atoms with Crippen LogP contribution in [0, 0.1) is 0 Å². The van der Waals surface area contributed by atoms with Crippen LogP contribution in [0.1, 0.15) is 18.4 Å². The van der Waals surface area contributed by atoms with Crippen LogP contribution in [0.15, 0.2) is 24.3 Å². The van der Waals surface area contributed by atoms with Crippen molar-refractivity contribution in [3.05, 3.63) is 29.8 Å². The van der Waals surface area contributed by atoms with Crippen LogP contribution in [0.25, 0.3) is 0 Å². The standard InChI is InChI=1S/C13H16N2O3/c16-9-12(17)14-8-10-3-5-11(6-4-10)15-7-1-2-13(15)18/h3-6,16H,1-2,7-9H2,(H,14,17). The SMILES string of the molecule is O=C(CO)NCc1ccc(N2CCCC2=O)cc1. The third-order valence-electron chi connectivity index (χ3n) is 2.95. The van der Waals surface area contributed by atoms with Gasteiger partial charge < -0.3 is 15.3 Å². The van der Waals surface area contributed by atoms with Crippen LogP contribution < -0.4 is 10.2 Å². The van der Waals surface area contributed by atoms with Gasteiger partial charge >= 0.3 is 0 Å². The summed E-state index contributed by atoms with van der Waals surface area (Å²) >= 11 is 0. The van der Waals surface area contributed by atoms with E-state index < -0.39 is 12.5 Å². The van der Waals surface area contributed by atoms with Crippen molar-refractivity contribution in [2.45, 2.75) is 19.4 Å². The second-order valence-corrected chi connectivity index (χ2v) is 4.25. The number of hydrogen-bond donors (Lipinski definition) is 2. The van der Waals surface area contributed by atoms with Gasteiger partial charge in [-0.2, -0.15) is 0 Å². The Morgan fingerprint density at radius 2 is 2.06 bits per heavy atom. The Morgan fingerprint density at radius 1 is 1.33 bits per heavy atom. The van der Waals surface area contributed by atoms with E-state index in [-0.39, 0.29) is 5.91 Å². The molecule has 1 aromatic rings. The summed E-state index contributed by atoms with van der Waals surface area (Å²) < 4.78 is 0. The summed E-state index contributed by atoms with van der Waals surface area (Å²) in [4.78, 5) is 24.2. The van der Waals surface area contributed by atoms with Crippen molar-refractivity contribution in [2.24, 2.45) is 0 Å². The molecule has 5 nitrogen and oxygen atoms in total. The van der Waals surface area contributed by atoms with E-state index in [9.17, 15) is 9.59 Å². The number of aliphatic hydroxyl groups excluding tert-OH is 1. The highest BCUT2D eigenvalue weighted by atomic mass is 16.3. The molecule has 0 spiro atoms. The molecule has 0 atom stereocenters. The number of benzene rings is 1. The molecule has 2 amide bonds. The van der Waals surface area contributed by atoms with Crippen LogP contribution in [0.4, 0.5) is 5.69 Å². The van der Waals surface area contributed by atoms with Crippen molar-refractivity contribution in [2.75, 3.05) is 18.1 Å². The smallest absolute Gasteiger partial charge is 0.245 e. The molecule has 0 radical (unpaired) electrons. The maximum absolute atomic E-state index is 11.6. The molecule has 1 aromatic carbocycles. The summed E-state index contributed by atoms with van der Waals surface area (Å²) in [5, 5.41) is 11.2. The van der Waals surface area contributed by atoms with Gasteiger partial charge in [-0.1, -0.05) is 12.1 Å². The van der Waals surface area contributed by atoms with Crippen LogP contribution in [0.3, 0.4) is 0 Å². The molecule has 1 aliphatic heterocycles. The van der Waals surface area contributed by atoms with Gasteiger partial charge in [-0.25, -0.2) is 0 Å². The maximum atomic E-state index is 11.6.